The van der Waals surface area contributed by atoms with Crippen LogP contribution in [0.2, 0.25) is 0 Å². The van der Waals surface area contributed by atoms with Crippen LogP contribution >= 0.6 is 0 Å². The highest BCUT2D eigenvalue weighted by Gasteiger charge is 2.09. The highest BCUT2D eigenvalue weighted by atomic mass is 14.9. The van der Waals surface area contributed by atoms with Crippen LogP contribution in [-0.4, -0.2) is 50.7 Å². The minimum absolute atomic E-state index is 0.517. The minimum Gasteiger partial charge on any atom is -0.309 e. The topological polar surface area (TPSA) is 48.8 Å². The SMILES string of the molecule is C(=NCCCN=CC1CCCCN1)C1CCCCN1. The normalized spacial score (nSPS) is 29.3. The highest BCUT2D eigenvalue weighted by molar-refractivity contribution is 5.65. The number of aliphatic imine (C=N–C) groups is 2. The molecule has 19 heavy (non-hydrogen) atoms. The van der Waals surface area contributed by atoms with Gasteiger partial charge in [0.05, 0.1) is 0 Å². The average Bonchev–Trinajstić information content (AvgIpc) is 2.48. The zero-order chi connectivity index (χ0) is 13.2. The summed E-state index contributed by atoms with van der Waals surface area (Å²) in [6.45, 7) is 4.12. The van der Waals surface area contributed by atoms with E-state index in [2.05, 4.69) is 33.0 Å². The molecule has 0 aromatic rings. The van der Waals surface area contributed by atoms with Crippen LogP contribution in [0.5, 0.6) is 0 Å². The van der Waals surface area contributed by atoms with Gasteiger partial charge in [-0.15, -0.1) is 0 Å². The zero-order valence-electron chi connectivity index (χ0n) is 12.0. The lowest BCUT2D eigenvalue weighted by molar-refractivity contribution is 0.475. The molecule has 0 spiro atoms. The standard InChI is InChI=1S/C15H28N4/c1-3-10-18-14(6-1)12-16-8-5-9-17-13-15-7-2-4-11-19-15/h12-15,18-19H,1-11H2. The van der Waals surface area contributed by atoms with Gasteiger partial charge in [0.2, 0.25) is 0 Å². The molecule has 2 aliphatic heterocycles. The Morgan fingerprint density at radius 2 is 1.32 bits per heavy atom. The van der Waals surface area contributed by atoms with Crippen molar-refractivity contribution in [2.24, 2.45) is 9.98 Å². The maximum Gasteiger partial charge on any atom is 0.0420 e. The van der Waals surface area contributed by atoms with E-state index in [0.717, 1.165) is 32.6 Å². The maximum absolute atomic E-state index is 4.50. The fourth-order valence-electron chi connectivity index (χ4n) is 2.67. The molecule has 2 fully saturated rings. The number of hydrogen-bond acceptors (Lipinski definition) is 4. The van der Waals surface area contributed by atoms with Gasteiger partial charge in [-0.25, -0.2) is 0 Å². The first-order chi connectivity index (χ1) is 9.45. The van der Waals surface area contributed by atoms with E-state index in [1.54, 1.807) is 0 Å². The van der Waals surface area contributed by atoms with E-state index >= 15 is 0 Å². The molecule has 4 nitrogen and oxygen atoms in total. The Morgan fingerprint density at radius 1 is 0.789 bits per heavy atom. The Morgan fingerprint density at radius 3 is 1.74 bits per heavy atom. The van der Waals surface area contributed by atoms with E-state index in [4.69, 9.17) is 0 Å². The Kier molecular flexibility index (Phi) is 7.11. The highest BCUT2D eigenvalue weighted by Crippen LogP contribution is 2.05. The van der Waals surface area contributed by atoms with Crippen molar-refractivity contribution in [1.29, 1.82) is 0 Å². The van der Waals surface area contributed by atoms with Gasteiger partial charge in [0.15, 0.2) is 0 Å². The van der Waals surface area contributed by atoms with Crippen molar-refractivity contribution < 1.29 is 0 Å². The molecule has 2 rings (SSSR count). The number of piperidine rings is 2. The molecule has 2 saturated heterocycles. The van der Waals surface area contributed by atoms with E-state index in [9.17, 15) is 0 Å². The third kappa shape index (κ3) is 6.30. The molecule has 0 amide bonds. The summed E-state index contributed by atoms with van der Waals surface area (Å²) in [4.78, 5) is 9.00. The minimum atomic E-state index is 0.517. The third-order valence-electron chi connectivity index (χ3n) is 3.84. The second kappa shape index (κ2) is 9.21. The molecule has 2 unspecified atom stereocenters. The number of nitrogens with zero attached hydrogens (tertiary/aromatic N) is 2. The van der Waals surface area contributed by atoms with Crippen molar-refractivity contribution >= 4 is 12.4 Å². The summed E-state index contributed by atoms with van der Waals surface area (Å²) in [5, 5.41) is 6.95. The molecule has 0 aromatic carbocycles. The van der Waals surface area contributed by atoms with E-state index in [-0.39, 0.29) is 0 Å². The summed E-state index contributed by atoms with van der Waals surface area (Å²) in [6.07, 6.45) is 13.1. The van der Waals surface area contributed by atoms with Crippen LogP contribution in [0, 0.1) is 0 Å². The van der Waals surface area contributed by atoms with Crippen molar-refractivity contribution in [3.05, 3.63) is 0 Å². The van der Waals surface area contributed by atoms with Crippen molar-refractivity contribution in [3.63, 3.8) is 0 Å². The Labute approximate surface area is 117 Å². The first-order valence-electron chi connectivity index (χ1n) is 7.92. The summed E-state index contributed by atoms with van der Waals surface area (Å²) in [6, 6.07) is 1.03. The molecular weight excluding hydrogens is 236 g/mol. The van der Waals surface area contributed by atoms with Gasteiger partial charge in [0, 0.05) is 37.6 Å². The van der Waals surface area contributed by atoms with Crippen molar-refractivity contribution in [3.8, 4) is 0 Å². The van der Waals surface area contributed by atoms with Crippen LogP contribution < -0.4 is 10.6 Å². The lowest BCUT2D eigenvalue weighted by atomic mass is 10.1. The second-order valence-corrected chi connectivity index (χ2v) is 5.58. The van der Waals surface area contributed by atoms with Gasteiger partial charge in [-0.2, -0.15) is 0 Å². The van der Waals surface area contributed by atoms with Crippen LogP contribution in [0.1, 0.15) is 44.9 Å². The number of rotatable bonds is 6. The van der Waals surface area contributed by atoms with Gasteiger partial charge < -0.3 is 10.6 Å². The third-order valence-corrected chi connectivity index (χ3v) is 3.84. The Bertz CT molecular complexity index is 248. The van der Waals surface area contributed by atoms with Crippen molar-refractivity contribution in [2.75, 3.05) is 26.2 Å². The smallest absolute Gasteiger partial charge is 0.0420 e. The van der Waals surface area contributed by atoms with E-state index in [0.29, 0.717) is 12.1 Å². The van der Waals surface area contributed by atoms with Crippen LogP contribution in [0.3, 0.4) is 0 Å². The zero-order valence-corrected chi connectivity index (χ0v) is 12.0. The fraction of sp³-hybridized carbons (Fsp3) is 0.867. The molecule has 0 saturated carbocycles. The summed E-state index contributed by atoms with van der Waals surface area (Å²) in [5.74, 6) is 0. The Hall–Kier alpha value is -0.740. The van der Waals surface area contributed by atoms with E-state index < -0.39 is 0 Å². The summed E-state index contributed by atoms with van der Waals surface area (Å²) in [7, 11) is 0. The van der Waals surface area contributed by atoms with E-state index in [1.165, 1.54) is 38.5 Å². The van der Waals surface area contributed by atoms with Crippen LogP contribution in [0.25, 0.3) is 0 Å². The molecule has 0 bridgehead atoms. The largest absolute Gasteiger partial charge is 0.309 e. The monoisotopic (exact) mass is 264 g/mol. The van der Waals surface area contributed by atoms with Gasteiger partial charge >= 0.3 is 0 Å². The molecule has 4 heteroatoms. The van der Waals surface area contributed by atoms with Gasteiger partial charge in [-0.1, -0.05) is 12.8 Å². The molecule has 2 heterocycles. The predicted octanol–water partition coefficient (Wildman–Crippen LogP) is 1.80. The second-order valence-electron chi connectivity index (χ2n) is 5.58. The van der Waals surface area contributed by atoms with E-state index in [1.807, 2.05) is 0 Å². The lowest BCUT2D eigenvalue weighted by Crippen LogP contribution is -2.35. The molecule has 108 valence electrons. The first kappa shape index (κ1) is 14.7. The molecule has 2 aliphatic rings. The molecular formula is C15H28N4. The summed E-state index contributed by atoms with van der Waals surface area (Å²) < 4.78 is 0. The van der Waals surface area contributed by atoms with Crippen molar-refractivity contribution in [2.45, 2.75) is 57.0 Å². The first-order valence-corrected chi connectivity index (χ1v) is 7.92. The van der Waals surface area contributed by atoms with Gasteiger partial charge in [-0.05, 0) is 45.2 Å². The van der Waals surface area contributed by atoms with Crippen LogP contribution in [0.4, 0.5) is 0 Å². The molecule has 2 N–H and O–H groups in total. The molecule has 0 radical (unpaired) electrons. The van der Waals surface area contributed by atoms with Gasteiger partial charge in [-0.3, -0.25) is 9.98 Å². The Balaban J connectivity index is 1.49. The molecule has 0 aromatic heterocycles. The predicted molar refractivity (Wildman–Crippen MR) is 82.6 cm³/mol. The van der Waals surface area contributed by atoms with Gasteiger partial charge in [0.1, 0.15) is 0 Å². The lowest BCUT2D eigenvalue weighted by Gasteiger charge is -2.19. The summed E-state index contributed by atoms with van der Waals surface area (Å²) in [5.41, 5.74) is 0. The molecule has 2 atom stereocenters. The molecule has 0 aliphatic carbocycles. The number of hydrogen-bond donors (Lipinski definition) is 2. The van der Waals surface area contributed by atoms with Crippen molar-refractivity contribution in [1.82, 2.24) is 10.6 Å². The average molecular weight is 264 g/mol. The number of nitrogens with one attached hydrogen (secondary N) is 2. The van der Waals surface area contributed by atoms with Gasteiger partial charge in [0.25, 0.3) is 0 Å². The quantitative estimate of drug-likeness (QED) is 0.568. The summed E-state index contributed by atoms with van der Waals surface area (Å²) >= 11 is 0. The fourth-order valence-corrected chi connectivity index (χ4v) is 2.67. The van der Waals surface area contributed by atoms with Crippen LogP contribution in [-0.2, 0) is 0 Å². The van der Waals surface area contributed by atoms with Crippen LogP contribution in [0.15, 0.2) is 9.98 Å². The maximum atomic E-state index is 4.50.